The second kappa shape index (κ2) is 6.03. The predicted octanol–water partition coefficient (Wildman–Crippen LogP) is 0.500. The zero-order chi connectivity index (χ0) is 12.8. The van der Waals surface area contributed by atoms with E-state index in [0.29, 0.717) is 13.1 Å². The second-order valence-corrected chi connectivity index (χ2v) is 3.86. The maximum absolute atomic E-state index is 13.0. The van der Waals surface area contributed by atoms with Crippen molar-refractivity contribution in [1.29, 1.82) is 5.41 Å². The molecule has 4 N–H and O–H groups in total. The van der Waals surface area contributed by atoms with E-state index in [0.717, 1.165) is 19.0 Å². The molecule has 5 nitrogen and oxygen atoms in total. The van der Waals surface area contributed by atoms with E-state index in [2.05, 4.69) is 11.9 Å². The van der Waals surface area contributed by atoms with Gasteiger partial charge in [0.2, 0.25) is 5.91 Å². The minimum Gasteiger partial charge on any atom is -0.402 e. The van der Waals surface area contributed by atoms with E-state index < -0.39 is 5.83 Å². The van der Waals surface area contributed by atoms with E-state index in [1.165, 1.54) is 6.08 Å². The van der Waals surface area contributed by atoms with Gasteiger partial charge in [-0.2, -0.15) is 0 Å². The highest BCUT2D eigenvalue weighted by molar-refractivity contribution is 5.93. The Bertz CT molecular complexity index is 353. The summed E-state index contributed by atoms with van der Waals surface area (Å²) in [6.07, 6.45) is 3.61. The third-order valence-electron chi connectivity index (χ3n) is 2.64. The highest BCUT2D eigenvalue weighted by atomic mass is 19.1. The summed E-state index contributed by atoms with van der Waals surface area (Å²) in [6.45, 7) is 4.55. The lowest BCUT2D eigenvalue weighted by molar-refractivity contribution is -0.127. The lowest BCUT2D eigenvalue weighted by Crippen LogP contribution is -2.49. The van der Waals surface area contributed by atoms with Crippen LogP contribution in [0.25, 0.3) is 0 Å². The molecule has 1 fully saturated rings. The van der Waals surface area contributed by atoms with Crippen molar-refractivity contribution in [2.75, 3.05) is 13.1 Å². The van der Waals surface area contributed by atoms with Gasteiger partial charge in [-0.1, -0.05) is 6.58 Å². The van der Waals surface area contributed by atoms with Crippen LogP contribution in [0.1, 0.15) is 12.8 Å². The van der Waals surface area contributed by atoms with Crippen molar-refractivity contribution < 1.29 is 9.18 Å². The number of carbonyl (C=O) groups excluding carboxylic acids is 1. The number of nitrogens with one attached hydrogen (secondary N) is 2. The van der Waals surface area contributed by atoms with E-state index in [4.69, 9.17) is 11.1 Å². The Morgan fingerprint density at radius 1 is 1.65 bits per heavy atom. The van der Waals surface area contributed by atoms with Crippen molar-refractivity contribution in [3.63, 3.8) is 0 Å². The molecule has 0 radical (unpaired) electrons. The first-order chi connectivity index (χ1) is 8.08. The molecule has 1 amide bonds. The van der Waals surface area contributed by atoms with Crippen LogP contribution in [0.2, 0.25) is 0 Å². The number of nitrogens with zero attached hydrogens (tertiary/aromatic N) is 1. The number of amides is 1. The average molecular weight is 240 g/mol. The highest BCUT2D eigenvalue weighted by Crippen LogP contribution is 2.11. The van der Waals surface area contributed by atoms with Crippen molar-refractivity contribution in [3.05, 3.63) is 24.7 Å². The lowest BCUT2D eigenvalue weighted by atomic mass is 10.1. The lowest BCUT2D eigenvalue weighted by Gasteiger charge is -2.32. The van der Waals surface area contributed by atoms with E-state index in [-0.39, 0.29) is 17.8 Å². The van der Waals surface area contributed by atoms with Crippen molar-refractivity contribution in [2.45, 2.75) is 18.9 Å². The number of nitrogens with two attached hydrogens (primary N) is 1. The number of likely N-dealkylation sites (tertiary alicyclic amines) is 1. The minimum atomic E-state index is -0.794. The summed E-state index contributed by atoms with van der Waals surface area (Å²) in [5, 5.41) is 10.1. The highest BCUT2D eigenvalue weighted by Gasteiger charge is 2.23. The number of rotatable bonds is 3. The van der Waals surface area contributed by atoms with Crippen LogP contribution < -0.4 is 11.1 Å². The van der Waals surface area contributed by atoms with Gasteiger partial charge in [-0.3, -0.25) is 10.2 Å². The molecule has 0 aliphatic carbocycles. The summed E-state index contributed by atoms with van der Waals surface area (Å²) in [5.74, 6) is -1.28. The van der Waals surface area contributed by atoms with Crippen LogP contribution in [0.3, 0.4) is 0 Å². The zero-order valence-electron chi connectivity index (χ0n) is 9.58. The second-order valence-electron chi connectivity index (χ2n) is 3.86. The van der Waals surface area contributed by atoms with Crippen LogP contribution in [0.15, 0.2) is 24.7 Å². The monoisotopic (exact) mass is 240 g/mol. The van der Waals surface area contributed by atoms with Gasteiger partial charge in [0.1, 0.15) is 0 Å². The Morgan fingerprint density at radius 2 is 2.35 bits per heavy atom. The molecule has 1 atom stereocenters. The quantitative estimate of drug-likeness (QED) is 0.381. The smallest absolute Gasteiger partial charge is 0.246 e. The number of carbonyl (C=O) groups is 1. The number of amidine groups is 1. The fourth-order valence-electron chi connectivity index (χ4n) is 1.78. The molecule has 94 valence electrons. The first-order valence-corrected chi connectivity index (χ1v) is 5.42. The van der Waals surface area contributed by atoms with Gasteiger partial charge in [-0.25, -0.2) is 4.39 Å². The molecular formula is C11H17FN4O. The normalized spacial score (nSPS) is 20.9. The maximum atomic E-state index is 13.0. The third kappa shape index (κ3) is 3.58. The van der Waals surface area contributed by atoms with Gasteiger partial charge in [0.15, 0.2) is 11.7 Å². The summed E-state index contributed by atoms with van der Waals surface area (Å²) in [4.78, 5) is 13.0. The molecule has 0 unspecified atom stereocenters. The molecule has 17 heavy (non-hydrogen) atoms. The van der Waals surface area contributed by atoms with Crippen LogP contribution in [0, 0.1) is 5.41 Å². The molecule has 0 spiro atoms. The molecule has 6 heteroatoms. The van der Waals surface area contributed by atoms with Gasteiger partial charge in [0, 0.05) is 25.3 Å². The minimum absolute atomic E-state index is 0.120. The fourth-order valence-corrected chi connectivity index (χ4v) is 1.78. The van der Waals surface area contributed by atoms with E-state index >= 15 is 0 Å². The van der Waals surface area contributed by atoms with Gasteiger partial charge in [-0.05, 0) is 18.9 Å². The number of hydrogen-bond acceptors (Lipinski definition) is 3. The van der Waals surface area contributed by atoms with Crippen LogP contribution in [0.4, 0.5) is 4.39 Å². The summed E-state index contributed by atoms with van der Waals surface area (Å²) >= 11 is 0. The number of hydrogen-bond donors (Lipinski definition) is 3. The Kier molecular flexibility index (Phi) is 4.68. The Morgan fingerprint density at radius 3 is 2.94 bits per heavy atom. The first kappa shape index (κ1) is 13.2. The van der Waals surface area contributed by atoms with Gasteiger partial charge in [-0.15, -0.1) is 0 Å². The topological polar surface area (TPSA) is 82.2 Å². The molecule has 1 rings (SSSR count). The van der Waals surface area contributed by atoms with Crippen molar-refractivity contribution in [3.8, 4) is 0 Å². The molecule has 0 aromatic heterocycles. The molecule has 0 bridgehead atoms. The Labute approximate surface area is 99.7 Å². The van der Waals surface area contributed by atoms with E-state index in [1.807, 2.05) is 0 Å². The predicted molar refractivity (Wildman–Crippen MR) is 64.0 cm³/mol. The molecule has 1 aliphatic heterocycles. The summed E-state index contributed by atoms with van der Waals surface area (Å²) in [6, 6.07) is -0.120. The summed E-state index contributed by atoms with van der Waals surface area (Å²) in [7, 11) is 0. The number of piperidine rings is 1. The molecule has 1 aliphatic rings. The molecule has 1 heterocycles. The van der Waals surface area contributed by atoms with Gasteiger partial charge in [0.05, 0.1) is 0 Å². The number of halogens is 1. The van der Waals surface area contributed by atoms with Crippen LogP contribution in [-0.2, 0) is 4.79 Å². The van der Waals surface area contributed by atoms with Crippen molar-refractivity contribution >= 4 is 11.7 Å². The first-order valence-electron chi connectivity index (χ1n) is 5.42. The average Bonchev–Trinajstić information content (AvgIpc) is 2.37. The van der Waals surface area contributed by atoms with Crippen molar-refractivity contribution in [1.82, 2.24) is 10.2 Å². The molecule has 0 saturated carbocycles. The van der Waals surface area contributed by atoms with E-state index in [9.17, 15) is 9.18 Å². The fraction of sp³-hybridized carbons (Fsp3) is 0.455. The van der Waals surface area contributed by atoms with Crippen LogP contribution >= 0.6 is 0 Å². The summed E-state index contributed by atoms with van der Waals surface area (Å²) < 4.78 is 13.0. The Hall–Kier alpha value is -1.85. The third-order valence-corrected chi connectivity index (χ3v) is 2.64. The molecule has 0 aromatic rings. The molecular weight excluding hydrogens is 223 g/mol. The Balaban J connectivity index is 2.53. The van der Waals surface area contributed by atoms with Crippen LogP contribution in [-0.4, -0.2) is 35.8 Å². The zero-order valence-corrected chi connectivity index (χ0v) is 9.58. The largest absolute Gasteiger partial charge is 0.402 e. The maximum Gasteiger partial charge on any atom is 0.246 e. The molecule has 1 saturated heterocycles. The van der Waals surface area contributed by atoms with Gasteiger partial charge < -0.3 is 16.0 Å². The standard InChI is InChI=1S/C11H17FN4O/c1-2-10(17)16-5-3-4-8(7-16)15-11(14)9(12)6-13/h2,6,8H,1,3-5,7,13H2,(H2,14,15)/b9-6+/t8-/m0/s1. The summed E-state index contributed by atoms with van der Waals surface area (Å²) in [5.41, 5.74) is 4.98. The van der Waals surface area contributed by atoms with Crippen LogP contribution in [0.5, 0.6) is 0 Å². The van der Waals surface area contributed by atoms with E-state index in [1.54, 1.807) is 4.90 Å². The van der Waals surface area contributed by atoms with Crippen molar-refractivity contribution in [2.24, 2.45) is 5.73 Å². The SMILES string of the molecule is C=CC(=O)N1CCC[C@H](NC(=N)/C(F)=C\N)C1. The van der Waals surface area contributed by atoms with Gasteiger partial charge >= 0.3 is 0 Å². The van der Waals surface area contributed by atoms with Gasteiger partial charge in [0.25, 0.3) is 0 Å². The molecule has 0 aromatic carbocycles.